The van der Waals surface area contributed by atoms with Crippen molar-refractivity contribution in [2.75, 3.05) is 24.8 Å². The van der Waals surface area contributed by atoms with E-state index in [1.807, 2.05) is 0 Å². The van der Waals surface area contributed by atoms with Gasteiger partial charge in [-0.3, -0.25) is 9.59 Å². The molecule has 1 fully saturated rings. The molecule has 1 aromatic carbocycles. The van der Waals surface area contributed by atoms with Crippen LogP contribution in [0.1, 0.15) is 33.9 Å². The first-order valence-corrected chi connectivity index (χ1v) is 10.3. The van der Waals surface area contributed by atoms with Crippen LogP contribution in [-0.4, -0.2) is 57.2 Å². The van der Waals surface area contributed by atoms with Gasteiger partial charge in [0.05, 0.1) is 18.5 Å². The van der Waals surface area contributed by atoms with Gasteiger partial charge in [-0.2, -0.15) is 0 Å². The van der Waals surface area contributed by atoms with E-state index in [-0.39, 0.29) is 29.2 Å². The lowest BCUT2D eigenvalue weighted by molar-refractivity contribution is -0.117. The Morgan fingerprint density at radius 2 is 1.82 bits per heavy atom. The van der Waals surface area contributed by atoms with Gasteiger partial charge in [0.1, 0.15) is 5.75 Å². The number of hydrogen-bond acceptors (Lipinski definition) is 9. The Kier molecular flexibility index (Phi) is 6.30. The molecule has 12 nitrogen and oxygen atoms in total. The van der Waals surface area contributed by atoms with E-state index >= 15 is 0 Å². The number of rotatable bonds is 8. The van der Waals surface area contributed by atoms with Crippen LogP contribution in [0.2, 0.25) is 0 Å². The first kappa shape index (κ1) is 22.6. The minimum atomic E-state index is -1.23. The van der Waals surface area contributed by atoms with Crippen LogP contribution in [-0.2, 0) is 4.79 Å². The molecular formula is C22H21N7O5. The van der Waals surface area contributed by atoms with Crippen molar-refractivity contribution in [1.29, 1.82) is 0 Å². The lowest BCUT2D eigenvalue weighted by atomic mass is 10.1. The van der Waals surface area contributed by atoms with Gasteiger partial charge in [0, 0.05) is 42.6 Å². The van der Waals surface area contributed by atoms with Gasteiger partial charge in [0.25, 0.3) is 5.91 Å². The molecule has 3 aromatic rings. The third kappa shape index (κ3) is 4.75. The summed E-state index contributed by atoms with van der Waals surface area (Å²) in [5.41, 5.74) is 1.93. The van der Waals surface area contributed by atoms with Crippen molar-refractivity contribution in [3.63, 3.8) is 0 Å². The predicted octanol–water partition coefficient (Wildman–Crippen LogP) is 2.09. The van der Waals surface area contributed by atoms with Gasteiger partial charge in [-0.05, 0) is 18.9 Å². The lowest BCUT2D eigenvalue weighted by Crippen LogP contribution is -2.22. The molecule has 0 radical (unpaired) electrons. The monoisotopic (exact) mass is 463 g/mol. The van der Waals surface area contributed by atoms with Crippen molar-refractivity contribution in [3.05, 3.63) is 48.2 Å². The molecule has 2 amide bonds. The van der Waals surface area contributed by atoms with E-state index in [0.29, 0.717) is 28.3 Å². The largest absolute Gasteiger partial charge is 0.494 e. The number of aromatic nitrogens is 4. The Labute approximate surface area is 193 Å². The Morgan fingerprint density at radius 1 is 1.09 bits per heavy atom. The summed E-state index contributed by atoms with van der Waals surface area (Å²) in [6.45, 7) is 0. The van der Waals surface area contributed by atoms with Crippen LogP contribution in [0.5, 0.6) is 5.75 Å². The smallest absolute Gasteiger partial charge is 0.373 e. The second-order valence-electron chi connectivity index (χ2n) is 7.45. The highest BCUT2D eigenvalue weighted by molar-refractivity contribution is 6.00. The number of ether oxygens (including phenoxy) is 1. The van der Waals surface area contributed by atoms with E-state index in [0.717, 1.165) is 12.8 Å². The van der Waals surface area contributed by atoms with Crippen LogP contribution in [0.25, 0.3) is 11.1 Å². The van der Waals surface area contributed by atoms with E-state index in [2.05, 4.69) is 36.1 Å². The molecule has 4 rings (SSSR count). The molecule has 2 heterocycles. The molecule has 1 aliphatic carbocycles. The van der Waals surface area contributed by atoms with E-state index in [4.69, 9.17) is 9.84 Å². The van der Waals surface area contributed by atoms with Crippen LogP contribution in [0.3, 0.4) is 0 Å². The number of carboxylic acid groups (broad SMARTS) is 1. The minimum Gasteiger partial charge on any atom is -0.494 e. The maximum Gasteiger partial charge on any atom is 0.373 e. The average Bonchev–Trinajstić information content (AvgIpc) is 3.69. The first-order valence-electron chi connectivity index (χ1n) is 10.3. The highest BCUT2D eigenvalue weighted by atomic mass is 16.5. The number of amides is 2. The Balaban J connectivity index is 1.70. The summed E-state index contributed by atoms with van der Waals surface area (Å²) in [4.78, 5) is 43.3. The summed E-state index contributed by atoms with van der Waals surface area (Å²) in [7, 11) is 2.95. The molecule has 0 atom stereocenters. The third-order valence-corrected chi connectivity index (χ3v) is 5.08. The molecule has 0 unspecified atom stereocenters. The lowest BCUT2D eigenvalue weighted by Gasteiger charge is -2.17. The topological polar surface area (TPSA) is 168 Å². The van der Waals surface area contributed by atoms with Crippen molar-refractivity contribution in [2.45, 2.75) is 12.8 Å². The van der Waals surface area contributed by atoms with Gasteiger partial charge in [0.15, 0.2) is 11.5 Å². The first-order chi connectivity index (χ1) is 16.4. The average molecular weight is 463 g/mol. The number of carbonyl (C=O) groups is 3. The van der Waals surface area contributed by atoms with Gasteiger partial charge in [-0.1, -0.05) is 12.1 Å². The Bertz CT molecular complexity index is 1260. The van der Waals surface area contributed by atoms with Crippen molar-refractivity contribution in [3.8, 4) is 16.9 Å². The Morgan fingerprint density at radius 3 is 2.44 bits per heavy atom. The van der Waals surface area contributed by atoms with Crippen LogP contribution in [0.4, 0.5) is 17.2 Å². The fraction of sp³-hybridized carbons (Fsp3) is 0.227. The van der Waals surface area contributed by atoms with Gasteiger partial charge in [-0.25, -0.2) is 14.8 Å². The van der Waals surface area contributed by atoms with Gasteiger partial charge >= 0.3 is 5.97 Å². The fourth-order valence-electron chi connectivity index (χ4n) is 3.21. The second kappa shape index (κ2) is 9.48. The van der Waals surface area contributed by atoms with Crippen molar-refractivity contribution in [1.82, 2.24) is 25.5 Å². The van der Waals surface area contributed by atoms with E-state index in [1.165, 1.54) is 32.6 Å². The number of hydrogen-bond donors (Lipinski definition) is 4. The predicted molar refractivity (Wildman–Crippen MR) is 121 cm³/mol. The zero-order valence-electron chi connectivity index (χ0n) is 18.3. The number of nitrogens with zero attached hydrogens (tertiary/aromatic N) is 4. The van der Waals surface area contributed by atoms with E-state index < -0.39 is 11.9 Å². The quantitative estimate of drug-likeness (QED) is 0.388. The minimum absolute atomic E-state index is 0.0218. The number of nitrogens with one attached hydrogen (secondary N) is 3. The van der Waals surface area contributed by atoms with Gasteiger partial charge in [-0.15, -0.1) is 10.2 Å². The summed E-state index contributed by atoms with van der Waals surface area (Å²) in [6.07, 6.45) is 4.44. The number of para-hydroxylation sites is 1. The number of carbonyl (C=O) groups excluding carboxylic acids is 2. The van der Waals surface area contributed by atoms with Crippen molar-refractivity contribution >= 4 is 35.0 Å². The summed E-state index contributed by atoms with van der Waals surface area (Å²) in [5, 5.41) is 25.3. The fourth-order valence-corrected chi connectivity index (χ4v) is 3.21. The highest BCUT2D eigenvalue weighted by Gasteiger charge is 2.30. The highest BCUT2D eigenvalue weighted by Crippen LogP contribution is 2.38. The molecule has 1 saturated carbocycles. The summed E-state index contributed by atoms with van der Waals surface area (Å²) in [6, 6.07) is 6.75. The van der Waals surface area contributed by atoms with Gasteiger partial charge in [0.2, 0.25) is 11.7 Å². The SMILES string of the molecule is CNC(=O)c1nnc(NC(=O)C2CC2)cc1Nc1cccc(-c2cnc(C(=O)O)nc2)c1OC. The molecule has 1 aliphatic rings. The maximum absolute atomic E-state index is 12.4. The normalized spacial score (nSPS) is 12.5. The van der Waals surface area contributed by atoms with Gasteiger partial charge < -0.3 is 25.8 Å². The van der Waals surface area contributed by atoms with Crippen molar-refractivity contribution in [2.24, 2.45) is 5.92 Å². The van der Waals surface area contributed by atoms with E-state index in [9.17, 15) is 14.4 Å². The number of anilines is 3. The summed E-state index contributed by atoms with van der Waals surface area (Å²) >= 11 is 0. The van der Waals surface area contributed by atoms with Crippen LogP contribution in [0.15, 0.2) is 36.7 Å². The van der Waals surface area contributed by atoms with E-state index in [1.54, 1.807) is 18.2 Å². The standard InChI is InChI=1S/C22H21N7O5/c1-23-21(31)17-15(8-16(28-29-17)27-20(30)11-6-7-11)26-14-5-3-4-13(18(14)34-2)12-9-24-19(22(32)33)25-10-12/h3-5,8-11H,6-7H2,1-2H3,(H,23,31)(H,32,33)(H2,26,27,28,30). The molecule has 174 valence electrons. The molecule has 4 N–H and O–H groups in total. The van der Waals surface area contributed by atoms with Crippen LogP contribution >= 0.6 is 0 Å². The third-order valence-electron chi connectivity index (χ3n) is 5.08. The zero-order valence-corrected chi connectivity index (χ0v) is 18.3. The number of carboxylic acids is 1. The Hall–Kier alpha value is -4.61. The van der Waals surface area contributed by atoms with Crippen LogP contribution < -0.4 is 20.7 Å². The van der Waals surface area contributed by atoms with Crippen molar-refractivity contribution < 1.29 is 24.2 Å². The zero-order chi connectivity index (χ0) is 24.2. The summed E-state index contributed by atoms with van der Waals surface area (Å²) < 4.78 is 5.60. The molecule has 34 heavy (non-hydrogen) atoms. The number of benzene rings is 1. The number of aromatic carboxylic acids is 1. The molecule has 0 aliphatic heterocycles. The molecule has 0 saturated heterocycles. The molecule has 12 heteroatoms. The van der Waals surface area contributed by atoms with Crippen LogP contribution in [0, 0.1) is 5.92 Å². The molecule has 2 aromatic heterocycles. The molecule has 0 spiro atoms. The molecular weight excluding hydrogens is 442 g/mol. The summed E-state index contributed by atoms with van der Waals surface area (Å²) in [5.74, 6) is -1.58. The maximum atomic E-state index is 12.4. The molecule has 0 bridgehead atoms. The second-order valence-corrected chi connectivity index (χ2v) is 7.45. The number of methoxy groups -OCH3 is 1.